The largest absolute Gasteiger partial charge is 0.394 e. The molecule has 0 radical (unpaired) electrons. The molecule has 0 saturated carbocycles. The minimum atomic E-state index is -1.29. The van der Waals surface area contributed by atoms with E-state index in [9.17, 15) is 25.2 Å². The number of carbonyl (C=O) groups excluding carboxylic acids is 1. The van der Waals surface area contributed by atoms with E-state index < -0.39 is 36.9 Å². The number of unbranched alkanes of at least 4 members (excludes halogenated alkanes) is 30. The number of amides is 1. The summed E-state index contributed by atoms with van der Waals surface area (Å²) in [5.41, 5.74) is 0. The van der Waals surface area contributed by atoms with Crippen molar-refractivity contribution in [3.05, 3.63) is 36.5 Å². The second kappa shape index (κ2) is 45.6. The molecule has 0 bridgehead atoms. The summed E-state index contributed by atoms with van der Waals surface area (Å²) in [6.07, 6.45) is 54.8. The van der Waals surface area contributed by atoms with Crippen LogP contribution < -0.4 is 5.32 Å². The lowest BCUT2D eigenvalue weighted by Gasteiger charge is -2.27. The quantitative estimate of drug-likeness (QED) is 0.0311. The van der Waals surface area contributed by atoms with Gasteiger partial charge in [-0.05, 0) is 57.8 Å². The van der Waals surface area contributed by atoms with E-state index in [0.29, 0.717) is 19.3 Å². The zero-order valence-corrected chi connectivity index (χ0v) is 37.8. The van der Waals surface area contributed by atoms with Gasteiger partial charge in [-0.25, -0.2) is 0 Å². The third-order valence-electron chi connectivity index (χ3n) is 11.6. The van der Waals surface area contributed by atoms with Gasteiger partial charge in [0.05, 0.1) is 18.8 Å². The number of nitrogens with one attached hydrogen (secondary N) is 1. The molecule has 6 heteroatoms. The van der Waals surface area contributed by atoms with Crippen LogP contribution in [0.4, 0.5) is 0 Å². The number of carbonyl (C=O) groups is 1. The highest BCUT2D eigenvalue weighted by Gasteiger charge is 2.28. The van der Waals surface area contributed by atoms with Crippen LogP contribution in [0.5, 0.6) is 0 Å². The van der Waals surface area contributed by atoms with Crippen LogP contribution in [0.15, 0.2) is 36.5 Å². The van der Waals surface area contributed by atoms with Crippen LogP contribution >= 0.6 is 0 Å². The number of hydrogen-bond acceptors (Lipinski definition) is 5. The molecule has 0 aliphatic heterocycles. The Morgan fingerprint density at radius 3 is 1.09 bits per heavy atom. The van der Waals surface area contributed by atoms with Gasteiger partial charge in [0.25, 0.3) is 0 Å². The first kappa shape index (κ1) is 55.5. The topological polar surface area (TPSA) is 110 Å². The first-order valence-electron chi connectivity index (χ1n) is 24.9. The SMILES string of the molecule is CCCC/C=C/CC/C=C/CC/C=C/CCCC(O)C(O)C(CO)NC(=O)C(O)CCCCCCCCCCCCCCCCCCCCCCCCCCCC. The predicted octanol–water partition coefficient (Wildman–Crippen LogP) is 13.7. The van der Waals surface area contributed by atoms with Gasteiger partial charge in [0.1, 0.15) is 12.2 Å². The van der Waals surface area contributed by atoms with Gasteiger partial charge < -0.3 is 25.7 Å². The Morgan fingerprint density at radius 1 is 0.421 bits per heavy atom. The van der Waals surface area contributed by atoms with E-state index >= 15 is 0 Å². The van der Waals surface area contributed by atoms with Gasteiger partial charge in [0.15, 0.2) is 0 Å². The number of allylic oxidation sites excluding steroid dienone is 6. The van der Waals surface area contributed by atoms with Crippen molar-refractivity contribution in [1.82, 2.24) is 5.32 Å². The van der Waals surface area contributed by atoms with Crippen molar-refractivity contribution in [2.45, 2.75) is 276 Å². The van der Waals surface area contributed by atoms with Crippen LogP contribution in [-0.4, -0.2) is 57.3 Å². The molecule has 0 rings (SSSR count). The smallest absolute Gasteiger partial charge is 0.249 e. The van der Waals surface area contributed by atoms with Gasteiger partial charge >= 0.3 is 0 Å². The molecule has 0 spiro atoms. The third-order valence-corrected chi connectivity index (χ3v) is 11.6. The molecule has 4 atom stereocenters. The number of aliphatic hydroxyl groups is 4. The Bertz CT molecular complexity index is 904. The lowest BCUT2D eigenvalue weighted by atomic mass is 10.00. The first-order valence-corrected chi connectivity index (χ1v) is 24.9. The van der Waals surface area contributed by atoms with E-state index in [2.05, 4.69) is 55.6 Å². The van der Waals surface area contributed by atoms with E-state index in [1.807, 2.05) is 0 Å². The van der Waals surface area contributed by atoms with Crippen molar-refractivity contribution in [1.29, 1.82) is 0 Å². The molecule has 0 aromatic rings. The summed E-state index contributed by atoms with van der Waals surface area (Å²) in [5.74, 6) is -0.597. The molecular formula is C51H97NO5. The summed E-state index contributed by atoms with van der Waals surface area (Å²) < 4.78 is 0. The van der Waals surface area contributed by atoms with Crippen LogP contribution in [0, 0.1) is 0 Å². The predicted molar refractivity (Wildman–Crippen MR) is 247 cm³/mol. The molecule has 0 aromatic heterocycles. The maximum absolute atomic E-state index is 12.5. The van der Waals surface area contributed by atoms with Gasteiger partial charge in [-0.3, -0.25) is 4.79 Å². The fraction of sp³-hybridized carbons (Fsp3) is 0.863. The number of rotatable bonds is 45. The monoisotopic (exact) mass is 804 g/mol. The van der Waals surface area contributed by atoms with Gasteiger partial charge in [-0.2, -0.15) is 0 Å². The molecule has 336 valence electrons. The lowest BCUT2D eigenvalue weighted by molar-refractivity contribution is -0.132. The van der Waals surface area contributed by atoms with Gasteiger partial charge in [0.2, 0.25) is 5.91 Å². The van der Waals surface area contributed by atoms with Crippen molar-refractivity contribution in [2.24, 2.45) is 0 Å². The zero-order valence-electron chi connectivity index (χ0n) is 37.8. The highest BCUT2D eigenvalue weighted by Crippen LogP contribution is 2.17. The van der Waals surface area contributed by atoms with Crippen molar-refractivity contribution in [3.8, 4) is 0 Å². The normalized spacial score (nSPS) is 14.3. The standard InChI is InChI=1S/C51H97NO5/c1-3-5-7-9-11-13-15-17-19-20-21-22-23-24-25-26-27-28-29-31-33-35-37-39-41-43-45-49(55)51(57)52-47(46-53)50(56)48(54)44-42-40-38-36-34-32-30-18-16-14-12-10-8-6-4-2/h10,12,18,30,36,38,47-50,53-56H,3-9,11,13-17,19-29,31-35,37,39-46H2,1-2H3,(H,52,57)/b12-10+,30-18+,38-36+. The number of hydrogen-bond donors (Lipinski definition) is 5. The van der Waals surface area contributed by atoms with E-state index in [4.69, 9.17) is 0 Å². The second-order valence-electron chi connectivity index (χ2n) is 17.1. The summed E-state index contributed by atoms with van der Waals surface area (Å²) in [4.78, 5) is 12.5. The molecule has 0 aromatic carbocycles. The van der Waals surface area contributed by atoms with Crippen molar-refractivity contribution < 1.29 is 25.2 Å². The average molecular weight is 804 g/mol. The van der Waals surface area contributed by atoms with Crippen LogP contribution in [0.3, 0.4) is 0 Å². The Kier molecular flexibility index (Phi) is 44.4. The van der Waals surface area contributed by atoms with Gasteiger partial charge in [0, 0.05) is 0 Å². The fourth-order valence-corrected chi connectivity index (χ4v) is 7.60. The Labute approximate surface area is 354 Å². The molecule has 1 amide bonds. The second-order valence-corrected chi connectivity index (χ2v) is 17.1. The molecule has 6 nitrogen and oxygen atoms in total. The zero-order chi connectivity index (χ0) is 41.7. The van der Waals surface area contributed by atoms with Crippen LogP contribution in [0.1, 0.15) is 251 Å². The van der Waals surface area contributed by atoms with E-state index in [1.54, 1.807) is 0 Å². The Morgan fingerprint density at radius 2 is 0.737 bits per heavy atom. The van der Waals surface area contributed by atoms with Crippen molar-refractivity contribution >= 4 is 5.91 Å². The average Bonchev–Trinajstić information content (AvgIpc) is 3.22. The van der Waals surface area contributed by atoms with Crippen molar-refractivity contribution in [3.63, 3.8) is 0 Å². The molecule has 0 saturated heterocycles. The molecule has 0 heterocycles. The fourth-order valence-electron chi connectivity index (χ4n) is 7.60. The minimum Gasteiger partial charge on any atom is -0.394 e. The molecule has 4 unspecified atom stereocenters. The maximum atomic E-state index is 12.5. The molecule has 57 heavy (non-hydrogen) atoms. The summed E-state index contributed by atoms with van der Waals surface area (Å²) in [5, 5.41) is 43.7. The molecule has 5 N–H and O–H groups in total. The molecule has 0 aliphatic carbocycles. The Hall–Kier alpha value is -1.47. The third kappa shape index (κ3) is 39.7. The van der Waals surface area contributed by atoms with Crippen LogP contribution in [-0.2, 0) is 4.79 Å². The summed E-state index contributed by atoms with van der Waals surface area (Å²) in [6.45, 7) is 4.01. The van der Waals surface area contributed by atoms with Crippen LogP contribution in [0.2, 0.25) is 0 Å². The first-order chi connectivity index (χ1) is 28.0. The van der Waals surface area contributed by atoms with E-state index in [1.165, 1.54) is 167 Å². The van der Waals surface area contributed by atoms with E-state index in [0.717, 1.165) is 51.4 Å². The summed E-state index contributed by atoms with van der Waals surface area (Å²) in [7, 11) is 0. The van der Waals surface area contributed by atoms with Crippen molar-refractivity contribution in [2.75, 3.05) is 6.61 Å². The van der Waals surface area contributed by atoms with Crippen LogP contribution in [0.25, 0.3) is 0 Å². The highest BCUT2D eigenvalue weighted by molar-refractivity contribution is 5.80. The number of aliphatic hydroxyl groups excluding tert-OH is 4. The van der Waals surface area contributed by atoms with Gasteiger partial charge in [-0.1, -0.05) is 230 Å². The summed E-state index contributed by atoms with van der Waals surface area (Å²) in [6, 6.07) is -1.01. The highest BCUT2D eigenvalue weighted by atomic mass is 16.3. The minimum absolute atomic E-state index is 0.362. The van der Waals surface area contributed by atoms with Gasteiger partial charge in [-0.15, -0.1) is 0 Å². The van der Waals surface area contributed by atoms with E-state index in [-0.39, 0.29) is 0 Å². The molecule has 0 aliphatic rings. The lowest BCUT2D eigenvalue weighted by Crippen LogP contribution is -2.53. The Balaban J connectivity index is 3.67. The maximum Gasteiger partial charge on any atom is 0.249 e. The summed E-state index contributed by atoms with van der Waals surface area (Å²) >= 11 is 0. The molecular weight excluding hydrogens is 707 g/mol. The molecule has 0 fully saturated rings.